The molecule has 0 spiro atoms. The lowest BCUT2D eigenvalue weighted by molar-refractivity contribution is -0.149. The summed E-state index contributed by atoms with van der Waals surface area (Å²) >= 11 is 0. The van der Waals surface area contributed by atoms with Crippen LogP contribution >= 0.6 is 0 Å². The second-order valence-electron chi connectivity index (χ2n) is 5.71. The minimum absolute atomic E-state index is 0.0746. The van der Waals surface area contributed by atoms with Gasteiger partial charge in [0.25, 0.3) is 0 Å². The van der Waals surface area contributed by atoms with Crippen molar-refractivity contribution in [3.63, 3.8) is 0 Å². The summed E-state index contributed by atoms with van der Waals surface area (Å²) in [4.78, 5) is 11.9. The predicted octanol–water partition coefficient (Wildman–Crippen LogP) is 3.69. The Bertz CT molecular complexity index is 472. The van der Waals surface area contributed by atoms with Gasteiger partial charge in [0.05, 0.1) is 13.0 Å². The molecule has 104 valence electrons. The van der Waals surface area contributed by atoms with Crippen LogP contribution in [0.25, 0.3) is 0 Å². The van der Waals surface area contributed by atoms with Gasteiger partial charge < -0.3 is 4.74 Å². The summed E-state index contributed by atoms with van der Waals surface area (Å²) in [5.41, 5.74) is 0.415. The van der Waals surface area contributed by atoms with Crippen LogP contribution in [0.4, 0.5) is 4.39 Å². The second kappa shape index (κ2) is 5.32. The third-order valence-electron chi connectivity index (χ3n) is 4.81. The first-order chi connectivity index (χ1) is 9.00. The van der Waals surface area contributed by atoms with Crippen LogP contribution in [-0.2, 0) is 14.9 Å². The zero-order chi connectivity index (χ0) is 14.0. The van der Waals surface area contributed by atoms with Crippen LogP contribution in [0.3, 0.4) is 0 Å². The molecular weight excluding hydrogens is 243 g/mol. The standard InChI is InChI=1S/C16H21FO2/c1-11-12(15(18)19-3)7-6-10-16(11,2)13-8-4-5-9-14(13)17/h4-5,8-9,11-12H,6-7,10H2,1-3H3/t11-,12?,16-/m1/s1. The quantitative estimate of drug-likeness (QED) is 0.761. The zero-order valence-electron chi connectivity index (χ0n) is 11.8. The molecule has 0 amide bonds. The maximum atomic E-state index is 14.1. The molecule has 0 bridgehead atoms. The first-order valence-corrected chi connectivity index (χ1v) is 6.83. The molecule has 0 radical (unpaired) electrons. The highest BCUT2D eigenvalue weighted by Gasteiger charge is 2.44. The molecule has 0 N–H and O–H groups in total. The van der Waals surface area contributed by atoms with E-state index in [-0.39, 0.29) is 29.0 Å². The fraction of sp³-hybridized carbons (Fsp3) is 0.562. The molecule has 0 aromatic heterocycles. The third-order valence-corrected chi connectivity index (χ3v) is 4.81. The smallest absolute Gasteiger partial charge is 0.308 e. The van der Waals surface area contributed by atoms with E-state index in [0.717, 1.165) is 24.8 Å². The van der Waals surface area contributed by atoms with Gasteiger partial charge in [-0.15, -0.1) is 0 Å². The highest BCUT2D eigenvalue weighted by Crippen LogP contribution is 2.47. The van der Waals surface area contributed by atoms with Crippen LogP contribution in [0, 0.1) is 17.7 Å². The van der Waals surface area contributed by atoms with Crippen LogP contribution in [0.15, 0.2) is 24.3 Å². The van der Waals surface area contributed by atoms with Gasteiger partial charge in [-0.05, 0) is 35.8 Å². The van der Waals surface area contributed by atoms with Crippen molar-refractivity contribution in [1.82, 2.24) is 0 Å². The number of hydrogen-bond acceptors (Lipinski definition) is 2. The van der Waals surface area contributed by atoms with E-state index in [1.807, 2.05) is 19.1 Å². The predicted molar refractivity (Wildman–Crippen MR) is 72.3 cm³/mol. The van der Waals surface area contributed by atoms with E-state index < -0.39 is 0 Å². The molecule has 3 heteroatoms. The molecule has 1 unspecified atom stereocenters. The van der Waals surface area contributed by atoms with Crippen LogP contribution in [0.1, 0.15) is 38.7 Å². The monoisotopic (exact) mass is 264 g/mol. The molecule has 1 aliphatic carbocycles. The van der Waals surface area contributed by atoms with Crippen molar-refractivity contribution in [2.75, 3.05) is 7.11 Å². The van der Waals surface area contributed by atoms with Gasteiger partial charge in [-0.1, -0.05) is 38.5 Å². The molecule has 1 aromatic rings. The van der Waals surface area contributed by atoms with E-state index in [9.17, 15) is 9.18 Å². The summed E-state index contributed by atoms with van der Waals surface area (Å²) in [6.07, 6.45) is 2.66. The fourth-order valence-electron chi connectivity index (χ4n) is 3.39. The molecule has 2 nitrogen and oxygen atoms in total. The summed E-state index contributed by atoms with van der Waals surface area (Å²) in [7, 11) is 1.42. The molecule has 2 rings (SSSR count). The lowest BCUT2D eigenvalue weighted by Gasteiger charge is -2.44. The summed E-state index contributed by atoms with van der Waals surface area (Å²) in [5, 5.41) is 0. The van der Waals surface area contributed by atoms with Crippen molar-refractivity contribution in [3.8, 4) is 0 Å². The Morgan fingerprint density at radius 1 is 1.42 bits per heavy atom. The van der Waals surface area contributed by atoms with Crippen molar-refractivity contribution < 1.29 is 13.9 Å². The van der Waals surface area contributed by atoms with E-state index in [0.29, 0.717) is 0 Å². The summed E-state index contributed by atoms with van der Waals surface area (Å²) in [6.45, 7) is 4.10. The number of carbonyl (C=O) groups is 1. The average Bonchev–Trinajstić information content (AvgIpc) is 2.41. The molecule has 1 fully saturated rings. The number of hydrogen-bond donors (Lipinski definition) is 0. The Labute approximate surface area is 114 Å². The van der Waals surface area contributed by atoms with Gasteiger partial charge in [-0.2, -0.15) is 0 Å². The van der Waals surface area contributed by atoms with Crippen LogP contribution in [0.2, 0.25) is 0 Å². The Morgan fingerprint density at radius 3 is 2.74 bits per heavy atom. The average molecular weight is 264 g/mol. The van der Waals surface area contributed by atoms with Gasteiger partial charge in [-0.25, -0.2) is 4.39 Å². The Hall–Kier alpha value is -1.38. The molecule has 0 heterocycles. The second-order valence-corrected chi connectivity index (χ2v) is 5.71. The lowest BCUT2D eigenvalue weighted by atomic mass is 9.60. The maximum Gasteiger partial charge on any atom is 0.308 e. The third kappa shape index (κ3) is 2.38. The molecule has 19 heavy (non-hydrogen) atoms. The highest BCUT2D eigenvalue weighted by atomic mass is 19.1. The van der Waals surface area contributed by atoms with Gasteiger partial charge in [0.1, 0.15) is 5.82 Å². The summed E-state index contributed by atoms with van der Waals surface area (Å²) < 4.78 is 19.0. The van der Waals surface area contributed by atoms with Gasteiger partial charge in [-0.3, -0.25) is 4.79 Å². The number of rotatable bonds is 2. The number of halogens is 1. The topological polar surface area (TPSA) is 26.3 Å². The molecular formula is C16H21FO2. The van der Waals surface area contributed by atoms with Crippen molar-refractivity contribution in [2.45, 2.75) is 38.5 Å². The number of ether oxygens (including phenoxy) is 1. The molecule has 1 aromatic carbocycles. The van der Waals surface area contributed by atoms with Crippen molar-refractivity contribution in [3.05, 3.63) is 35.6 Å². The van der Waals surface area contributed by atoms with Crippen LogP contribution in [-0.4, -0.2) is 13.1 Å². The number of methoxy groups -OCH3 is 1. The number of carbonyl (C=O) groups excluding carboxylic acids is 1. The zero-order valence-corrected chi connectivity index (χ0v) is 11.8. The van der Waals surface area contributed by atoms with Crippen LogP contribution in [0.5, 0.6) is 0 Å². The van der Waals surface area contributed by atoms with Gasteiger partial charge >= 0.3 is 5.97 Å². The van der Waals surface area contributed by atoms with Gasteiger partial charge in [0.2, 0.25) is 0 Å². The molecule has 3 atom stereocenters. The molecule has 0 saturated heterocycles. The normalized spacial score (nSPS) is 30.9. The number of benzene rings is 1. The van der Waals surface area contributed by atoms with E-state index in [4.69, 9.17) is 4.74 Å². The molecule has 1 saturated carbocycles. The van der Waals surface area contributed by atoms with Gasteiger partial charge in [0, 0.05) is 0 Å². The summed E-state index contributed by atoms with van der Waals surface area (Å²) in [6, 6.07) is 6.90. The van der Waals surface area contributed by atoms with Crippen molar-refractivity contribution in [1.29, 1.82) is 0 Å². The minimum Gasteiger partial charge on any atom is -0.469 e. The number of esters is 1. The van der Waals surface area contributed by atoms with Crippen molar-refractivity contribution in [2.24, 2.45) is 11.8 Å². The van der Waals surface area contributed by atoms with Crippen LogP contribution < -0.4 is 0 Å². The van der Waals surface area contributed by atoms with Gasteiger partial charge in [0.15, 0.2) is 0 Å². The minimum atomic E-state index is -0.303. The SMILES string of the molecule is COC(=O)C1CCC[C@@](C)(c2ccccc2F)[C@@H]1C. The highest BCUT2D eigenvalue weighted by molar-refractivity contribution is 5.73. The Kier molecular flexibility index (Phi) is 3.93. The first-order valence-electron chi connectivity index (χ1n) is 6.83. The first kappa shape index (κ1) is 14.0. The van der Waals surface area contributed by atoms with E-state index in [1.165, 1.54) is 13.2 Å². The Balaban J connectivity index is 2.37. The molecule has 0 aliphatic heterocycles. The lowest BCUT2D eigenvalue weighted by Crippen LogP contribution is -2.42. The molecule has 1 aliphatic rings. The maximum absolute atomic E-state index is 14.1. The van der Waals surface area contributed by atoms with Crippen molar-refractivity contribution >= 4 is 5.97 Å². The fourth-order valence-corrected chi connectivity index (χ4v) is 3.39. The summed E-state index contributed by atoms with van der Waals surface area (Å²) in [5.74, 6) is -0.411. The van der Waals surface area contributed by atoms with E-state index in [1.54, 1.807) is 6.07 Å². The largest absolute Gasteiger partial charge is 0.469 e. The van der Waals surface area contributed by atoms with E-state index >= 15 is 0 Å². The van der Waals surface area contributed by atoms with E-state index in [2.05, 4.69) is 6.92 Å². The Morgan fingerprint density at radius 2 is 2.11 bits per heavy atom.